The van der Waals surface area contributed by atoms with Crippen LogP contribution in [0.2, 0.25) is 0 Å². The monoisotopic (exact) mass is 176 g/mol. The van der Waals surface area contributed by atoms with Crippen molar-refractivity contribution in [1.29, 1.82) is 0 Å². The van der Waals surface area contributed by atoms with Crippen LogP contribution >= 0.6 is 0 Å². The molecule has 0 amide bonds. The lowest BCUT2D eigenvalue weighted by molar-refractivity contribution is 0.299. The van der Waals surface area contributed by atoms with Crippen LogP contribution in [0.4, 0.5) is 0 Å². The first-order valence-electron chi connectivity index (χ1n) is 4.16. The topological polar surface area (TPSA) is 18.5 Å². The van der Waals surface area contributed by atoms with Gasteiger partial charge in [0, 0.05) is 0 Å². The lowest BCUT2D eigenvalue weighted by Crippen LogP contribution is -1.98. The van der Waals surface area contributed by atoms with Crippen LogP contribution < -0.4 is 9.47 Å². The minimum Gasteiger partial charge on any atom is -0.490 e. The number of terminal acetylenes is 1. The Hall–Kier alpha value is -1.62. The number of hydrogen-bond donors (Lipinski definition) is 0. The van der Waals surface area contributed by atoms with Crippen LogP contribution in [-0.2, 0) is 0 Å². The Bertz CT molecular complexity index is 299. The SMILES string of the molecule is C#CCOc1ccccc1OCC. The molecule has 0 radical (unpaired) electrons. The van der Waals surface area contributed by atoms with E-state index in [2.05, 4.69) is 5.92 Å². The zero-order valence-corrected chi connectivity index (χ0v) is 7.62. The number of rotatable bonds is 4. The third-order valence-electron chi connectivity index (χ3n) is 1.46. The zero-order valence-electron chi connectivity index (χ0n) is 7.62. The van der Waals surface area contributed by atoms with Crippen LogP contribution in [0.25, 0.3) is 0 Å². The molecule has 0 spiro atoms. The molecule has 68 valence electrons. The van der Waals surface area contributed by atoms with E-state index >= 15 is 0 Å². The van der Waals surface area contributed by atoms with Crippen molar-refractivity contribution in [2.75, 3.05) is 13.2 Å². The van der Waals surface area contributed by atoms with Crippen molar-refractivity contribution < 1.29 is 9.47 Å². The molecular weight excluding hydrogens is 164 g/mol. The second-order valence-electron chi connectivity index (χ2n) is 2.37. The van der Waals surface area contributed by atoms with Crippen molar-refractivity contribution in [2.24, 2.45) is 0 Å². The van der Waals surface area contributed by atoms with Gasteiger partial charge >= 0.3 is 0 Å². The van der Waals surface area contributed by atoms with E-state index in [1.807, 2.05) is 31.2 Å². The highest BCUT2D eigenvalue weighted by Gasteiger charge is 2.01. The highest BCUT2D eigenvalue weighted by Crippen LogP contribution is 2.25. The van der Waals surface area contributed by atoms with Crippen LogP contribution in [0.5, 0.6) is 11.5 Å². The number of benzene rings is 1. The van der Waals surface area contributed by atoms with Gasteiger partial charge in [-0.25, -0.2) is 0 Å². The molecule has 0 aromatic heterocycles. The molecule has 1 aromatic rings. The summed E-state index contributed by atoms with van der Waals surface area (Å²) in [7, 11) is 0. The van der Waals surface area contributed by atoms with Gasteiger partial charge in [0.25, 0.3) is 0 Å². The molecule has 0 unspecified atom stereocenters. The van der Waals surface area contributed by atoms with E-state index in [4.69, 9.17) is 15.9 Å². The molecule has 0 bridgehead atoms. The van der Waals surface area contributed by atoms with Crippen LogP contribution in [-0.4, -0.2) is 13.2 Å². The highest BCUT2D eigenvalue weighted by molar-refractivity contribution is 5.39. The maximum absolute atomic E-state index is 5.34. The van der Waals surface area contributed by atoms with E-state index in [1.165, 1.54) is 0 Å². The van der Waals surface area contributed by atoms with Crippen molar-refractivity contribution in [3.8, 4) is 23.8 Å². The van der Waals surface area contributed by atoms with E-state index in [-0.39, 0.29) is 6.61 Å². The smallest absolute Gasteiger partial charge is 0.162 e. The molecule has 0 saturated carbocycles. The third-order valence-corrected chi connectivity index (χ3v) is 1.46. The first kappa shape index (κ1) is 9.47. The van der Waals surface area contributed by atoms with Gasteiger partial charge in [0.2, 0.25) is 0 Å². The molecule has 13 heavy (non-hydrogen) atoms. The maximum atomic E-state index is 5.34. The quantitative estimate of drug-likeness (QED) is 0.654. The molecule has 0 N–H and O–H groups in total. The molecule has 0 aliphatic rings. The van der Waals surface area contributed by atoms with Gasteiger partial charge in [-0.2, -0.15) is 0 Å². The van der Waals surface area contributed by atoms with Crippen molar-refractivity contribution in [2.45, 2.75) is 6.92 Å². The van der Waals surface area contributed by atoms with Crippen LogP contribution in [0.3, 0.4) is 0 Å². The Morgan fingerprint density at radius 3 is 2.38 bits per heavy atom. The van der Waals surface area contributed by atoms with E-state index in [0.717, 1.165) is 5.75 Å². The predicted octanol–water partition coefficient (Wildman–Crippen LogP) is 2.10. The van der Waals surface area contributed by atoms with Gasteiger partial charge in [0.05, 0.1) is 6.61 Å². The van der Waals surface area contributed by atoms with Crippen molar-refractivity contribution in [3.63, 3.8) is 0 Å². The Labute approximate surface area is 78.5 Å². The summed E-state index contributed by atoms with van der Waals surface area (Å²) >= 11 is 0. The fourth-order valence-electron chi connectivity index (χ4n) is 0.964. The molecule has 0 heterocycles. The maximum Gasteiger partial charge on any atom is 0.162 e. The summed E-state index contributed by atoms with van der Waals surface area (Å²) in [5.74, 6) is 3.84. The Balaban J connectivity index is 2.73. The molecular formula is C11H12O2. The van der Waals surface area contributed by atoms with Crippen molar-refractivity contribution in [3.05, 3.63) is 24.3 Å². The largest absolute Gasteiger partial charge is 0.490 e. The third kappa shape index (κ3) is 2.72. The molecule has 0 saturated heterocycles. The Kier molecular flexibility index (Phi) is 3.72. The minimum absolute atomic E-state index is 0.268. The summed E-state index contributed by atoms with van der Waals surface area (Å²) in [6.45, 7) is 2.82. The van der Waals surface area contributed by atoms with Gasteiger partial charge in [-0.05, 0) is 19.1 Å². The summed E-state index contributed by atoms with van der Waals surface area (Å²) in [5, 5.41) is 0. The molecule has 1 rings (SSSR count). The fraction of sp³-hybridized carbons (Fsp3) is 0.273. The van der Waals surface area contributed by atoms with Gasteiger partial charge in [-0.1, -0.05) is 18.1 Å². The van der Waals surface area contributed by atoms with Gasteiger partial charge in [-0.3, -0.25) is 0 Å². The number of ether oxygens (including phenoxy) is 2. The lowest BCUT2D eigenvalue weighted by Gasteiger charge is -2.08. The average Bonchev–Trinajstić information content (AvgIpc) is 2.17. The first-order valence-corrected chi connectivity index (χ1v) is 4.16. The molecule has 0 aliphatic heterocycles. The summed E-state index contributed by atoms with van der Waals surface area (Å²) in [4.78, 5) is 0. The zero-order chi connectivity index (χ0) is 9.52. The van der Waals surface area contributed by atoms with E-state index < -0.39 is 0 Å². The molecule has 1 aromatic carbocycles. The second-order valence-corrected chi connectivity index (χ2v) is 2.37. The molecule has 0 aliphatic carbocycles. The molecule has 2 heteroatoms. The van der Waals surface area contributed by atoms with Gasteiger partial charge in [0.1, 0.15) is 6.61 Å². The first-order chi connectivity index (χ1) is 6.38. The molecule has 2 nitrogen and oxygen atoms in total. The summed E-state index contributed by atoms with van der Waals surface area (Å²) in [6.07, 6.45) is 5.08. The normalized spacial score (nSPS) is 8.92. The standard InChI is InChI=1S/C11H12O2/c1-3-9-13-11-8-6-5-7-10(11)12-4-2/h1,5-8H,4,9H2,2H3. The van der Waals surface area contributed by atoms with Gasteiger partial charge in [-0.15, -0.1) is 6.42 Å². The van der Waals surface area contributed by atoms with Crippen molar-refractivity contribution >= 4 is 0 Å². The van der Waals surface area contributed by atoms with E-state index in [9.17, 15) is 0 Å². The van der Waals surface area contributed by atoms with Crippen molar-refractivity contribution in [1.82, 2.24) is 0 Å². The van der Waals surface area contributed by atoms with E-state index in [1.54, 1.807) is 0 Å². The fourth-order valence-corrected chi connectivity index (χ4v) is 0.964. The average molecular weight is 176 g/mol. The number of para-hydroxylation sites is 2. The van der Waals surface area contributed by atoms with E-state index in [0.29, 0.717) is 12.4 Å². The molecule has 0 atom stereocenters. The number of hydrogen-bond acceptors (Lipinski definition) is 2. The van der Waals surface area contributed by atoms with Gasteiger partial charge in [0.15, 0.2) is 11.5 Å². The van der Waals surface area contributed by atoms with Gasteiger partial charge < -0.3 is 9.47 Å². The second kappa shape index (κ2) is 5.10. The lowest BCUT2D eigenvalue weighted by atomic mass is 10.3. The van der Waals surface area contributed by atoms with Crippen LogP contribution in [0.1, 0.15) is 6.92 Å². The highest BCUT2D eigenvalue weighted by atomic mass is 16.5. The minimum atomic E-state index is 0.268. The Morgan fingerprint density at radius 2 is 1.85 bits per heavy atom. The summed E-state index contributed by atoms with van der Waals surface area (Å²) < 4.78 is 10.6. The summed E-state index contributed by atoms with van der Waals surface area (Å²) in [6, 6.07) is 7.47. The predicted molar refractivity (Wildman–Crippen MR) is 51.9 cm³/mol. The Morgan fingerprint density at radius 1 is 1.23 bits per heavy atom. The van der Waals surface area contributed by atoms with Crippen LogP contribution in [0.15, 0.2) is 24.3 Å². The molecule has 0 fully saturated rings. The summed E-state index contributed by atoms with van der Waals surface area (Å²) in [5.41, 5.74) is 0. The van der Waals surface area contributed by atoms with Crippen LogP contribution in [0, 0.1) is 12.3 Å².